The Labute approximate surface area is 149 Å². The summed E-state index contributed by atoms with van der Waals surface area (Å²) in [6.45, 7) is -0.899. The first-order chi connectivity index (χ1) is 12.5. The number of carbonyl (C=O) groups excluding carboxylic acids is 3. The van der Waals surface area contributed by atoms with Crippen LogP contribution in [0.4, 0.5) is 5.69 Å². The maximum absolute atomic E-state index is 11.9. The lowest BCUT2D eigenvalue weighted by Crippen LogP contribution is -2.32. The Kier molecular flexibility index (Phi) is 6.60. The molecule has 0 unspecified atom stereocenters. The first-order valence-electron chi connectivity index (χ1n) is 7.52. The molecule has 0 aliphatic carbocycles. The third-order valence-electron chi connectivity index (χ3n) is 3.19. The predicted octanol–water partition coefficient (Wildman–Crippen LogP) is 1.21. The van der Waals surface area contributed by atoms with Crippen LogP contribution < -0.4 is 20.1 Å². The molecule has 0 atom stereocenters. The normalized spacial score (nSPS) is 9.92. The highest BCUT2D eigenvalue weighted by atomic mass is 16.5. The molecule has 26 heavy (non-hydrogen) atoms. The lowest BCUT2D eigenvalue weighted by atomic mass is 10.2. The summed E-state index contributed by atoms with van der Waals surface area (Å²) in [5, 5.41) is 4.87. The van der Waals surface area contributed by atoms with E-state index in [1.807, 2.05) is 0 Å². The van der Waals surface area contributed by atoms with E-state index in [-0.39, 0.29) is 5.76 Å². The van der Waals surface area contributed by atoms with Gasteiger partial charge in [-0.05, 0) is 24.3 Å². The lowest BCUT2D eigenvalue weighted by Gasteiger charge is -2.11. The summed E-state index contributed by atoms with van der Waals surface area (Å²) in [5.41, 5.74) is 0.403. The van der Waals surface area contributed by atoms with Crippen molar-refractivity contribution in [3.63, 3.8) is 0 Å². The van der Waals surface area contributed by atoms with Gasteiger partial charge in [-0.3, -0.25) is 14.4 Å². The zero-order chi connectivity index (χ0) is 18.9. The number of amides is 2. The molecule has 1 aromatic heterocycles. The highest BCUT2D eigenvalue weighted by molar-refractivity contribution is 5.95. The number of nitrogens with one attached hydrogen (secondary N) is 2. The van der Waals surface area contributed by atoms with Gasteiger partial charge in [-0.2, -0.15) is 0 Å². The average molecular weight is 362 g/mol. The molecule has 1 aromatic carbocycles. The summed E-state index contributed by atoms with van der Waals surface area (Å²) in [4.78, 5) is 35.1. The van der Waals surface area contributed by atoms with Gasteiger partial charge in [0.05, 0.1) is 26.2 Å². The number of benzene rings is 1. The Morgan fingerprint density at radius 1 is 1.12 bits per heavy atom. The standard InChI is InChI=1S/C17H18N2O7/c1-23-11-5-6-12(14(8-11)24-2)19-15(20)10-26-16(21)9-18-17(22)13-4-3-7-25-13/h3-8H,9-10H2,1-2H3,(H,18,22)(H,19,20). The largest absolute Gasteiger partial charge is 0.497 e. The molecule has 2 aromatic rings. The van der Waals surface area contributed by atoms with Crippen molar-refractivity contribution >= 4 is 23.5 Å². The van der Waals surface area contributed by atoms with Crippen LogP contribution in [0.1, 0.15) is 10.6 Å². The quantitative estimate of drug-likeness (QED) is 0.678. The van der Waals surface area contributed by atoms with Crippen LogP contribution in [0.15, 0.2) is 41.0 Å². The second-order valence-electron chi connectivity index (χ2n) is 4.94. The minimum Gasteiger partial charge on any atom is -0.497 e. The Hall–Kier alpha value is -3.49. The molecule has 0 radical (unpaired) electrons. The fourth-order valence-corrected chi connectivity index (χ4v) is 1.93. The maximum atomic E-state index is 11.9. The number of rotatable bonds is 8. The number of hydrogen-bond acceptors (Lipinski definition) is 7. The molecule has 2 N–H and O–H groups in total. The van der Waals surface area contributed by atoms with E-state index in [1.165, 1.54) is 26.5 Å². The van der Waals surface area contributed by atoms with Gasteiger partial charge in [0.1, 0.15) is 18.0 Å². The van der Waals surface area contributed by atoms with E-state index in [2.05, 4.69) is 10.6 Å². The first-order valence-corrected chi connectivity index (χ1v) is 7.52. The van der Waals surface area contributed by atoms with Gasteiger partial charge in [-0.15, -0.1) is 0 Å². The number of carbonyl (C=O) groups is 3. The molecule has 9 heteroatoms. The molecule has 0 saturated heterocycles. The number of hydrogen-bond donors (Lipinski definition) is 2. The summed E-state index contributed by atoms with van der Waals surface area (Å²) in [5.74, 6) is -0.837. The topological polar surface area (TPSA) is 116 Å². The monoisotopic (exact) mass is 362 g/mol. The van der Waals surface area contributed by atoms with Crippen molar-refractivity contribution < 1.29 is 33.0 Å². The van der Waals surface area contributed by atoms with Crippen LogP contribution in [0.2, 0.25) is 0 Å². The van der Waals surface area contributed by atoms with Crippen LogP contribution in [0.25, 0.3) is 0 Å². The number of esters is 1. The van der Waals surface area contributed by atoms with Crippen molar-refractivity contribution in [2.75, 3.05) is 32.7 Å². The smallest absolute Gasteiger partial charge is 0.325 e. The van der Waals surface area contributed by atoms with Crippen LogP contribution in [0, 0.1) is 0 Å². The third kappa shape index (κ3) is 5.26. The van der Waals surface area contributed by atoms with E-state index in [1.54, 1.807) is 24.3 Å². The molecule has 1 heterocycles. The Morgan fingerprint density at radius 3 is 2.58 bits per heavy atom. The van der Waals surface area contributed by atoms with Gasteiger partial charge in [0.25, 0.3) is 11.8 Å². The van der Waals surface area contributed by atoms with Crippen molar-refractivity contribution in [1.82, 2.24) is 5.32 Å². The van der Waals surface area contributed by atoms with Gasteiger partial charge in [0.15, 0.2) is 12.4 Å². The van der Waals surface area contributed by atoms with Crippen LogP contribution in [0.5, 0.6) is 11.5 Å². The molecule has 9 nitrogen and oxygen atoms in total. The summed E-state index contributed by atoms with van der Waals surface area (Å²) >= 11 is 0. The molecule has 2 rings (SSSR count). The molecule has 0 aliphatic heterocycles. The molecular formula is C17H18N2O7. The number of furan rings is 1. The Bertz CT molecular complexity index is 771. The second-order valence-corrected chi connectivity index (χ2v) is 4.94. The SMILES string of the molecule is COc1ccc(NC(=O)COC(=O)CNC(=O)c2ccco2)c(OC)c1. The second kappa shape index (κ2) is 9.11. The van der Waals surface area contributed by atoms with Gasteiger partial charge >= 0.3 is 5.97 Å². The first kappa shape index (κ1) is 18.8. The number of ether oxygens (including phenoxy) is 3. The summed E-state index contributed by atoms with van der Waals surface area (Å²) in [7, 11) is 2.96. The van der Waals surface area contributed by atoms with Crippen molar-refractivity contribution in [1.29, 1.82) is 0 Å². The zero-order valence-corrected chi connectivity index (χ0v) is 14.2. The minimum absolute atomic E-state index is 0.0714. The van der Waals surface area contributed by atoms with Crippen molar-refractivity contribution in [3.8, 4) is 11.5 Å². The molecule has 0 fully saturated rings. The fraction of sp³-hybridized carbons (Fsp3) is 0.235. The number of anilines is 1. The average Bonchev–Trinajstić information content (AvgIpc) is 3.19. The lowest BCUT2D eigenvalue weighted by molar-refractivity contribution is -0.146. The van der Waals surface area contributed by atoms with E-state index in [0.29, 0.717) is 17.2 Å². The summed E-state index contributed by atoms with van der Waals surface area (Å²) < 4.78 is 19.9. The van der Waals surface area contributed by atoms with Crippen molar-refractivity contribution in [2.45, 2.75) is 0 Å². The van der Waals surface area contributed by atoms with Crippen LogP contribution >= 0.6 is 0 Å². The Morgan fingerprint density at radius 2 is 1.92 bits per heavy atom. The summed E-state index contributed by atoms with van der Waals surface area (Å²) in [6, 6.07) is 7.85. The van der Waals surface area contributed by atoms with Crippen LogP contribution in [-0.2, 0) is 14.3 Å². The number of methoxy groups -OCH3 is 2. The zero-order valence-electron chi connectivity index (χ0n) is 14.2. The van der Waals surface area contributed by atoms with E-state index < -0.39 is 30.9 Å². The van der Waals surface area contributed by atoms with Gasteiger partial charge < -0.3 is 29.3 Å². The molecule has 138 valence electrons. The molecule has 0 aliphatic rings. The van der Waals surface area contributed by atoms with Gasteiger partial charge in [0.2, 0.25) is 0 Å². The van der Waals surface area contributed by atoms with Gasteiger partial charge in [-0.1, -0.05) is 0 Å². The van der Waals surface area contributed by atoms with Gasteiger partial charge in [-0.25, -0.2) is 0 Å². The van der Waals surface area contributed by atoms with E-state index in [0.717, 1.165) is 0 Å². The van der Waals surface area contributed by atoms with Gasteiger partial charge in [0, 0.05) is 6.07 Å². The third-order valence-corrected chi connectivity index (χ3v) is 3.19. The maximum Gasteiger partial charge on any atom is 0.325 e. The fourth-order valence-electron chi connectivity index (χ4n) is 1.93. The van der Waals surface area contributed by atoms with E-state index in [9.17, 15) is 14.4 Å². The van der Waals surface area contributed by atoms with Crippen LogP contribution in [0.3, 0.4) is 0 Å². The highest BCUT2D eigenvalue weighted by Gasteiger charge is 2.13. The Balaban J connectivity index is 1.77. The highest BCUT2D eigenvalue weighted by Crippen LogP contribution is 2.28. The minimum atomic E-state index is -0.762. The van der Waals surface area contributed by atoms with Crippen molar-refractivity contribution in [3.05, 3.63) is 42.4 Å². The van der Waals surface area contributed by atoms with E-state index in [4.69, 9.17) is 18.6 Å². The van der Waals surface area contributed by atoms with Crippen LogP contribution in [-0.4, -0.2) is 45.2 Å². The van der Waals surface area contributed by atoms with E-state index >= 15 is 0 Å². The molecule has 0 spiro atoms. The molecular weight excluding hydrogens is 344 g/mol. The van der Waals surface area contributed by atoms with Crippen molar-refractivity contribution in [2.24, 2.45) is 0 Å². The predicted molar refractivity (Wildman–Crippen MR) is 90.2 cm³/mol. The molecule has 0 bridgehead atoms. The summed E-state index contributed by atoms with van der Waals surface area (Å²) in [6.07, 6.45) is 1.34. The molecule has 2 amide bonds. The molecule has 0 saturated carbocycles.